The molecule has 0 N–H and O–H groups in total. The third kappa shape index (κ3) is 3.34. The number of anilines is 1. The van der Waals surface area contributed by atoms with Crippen molar-refractivity contribution in [1.82, 2.24) is 9.97 Å². The highest BCUT2D eigenvalue weighted by Crippen LogP contribution is 2.36. The van der Waals surface area contributed by atoms with Gasteiger partial charge in [0, 0.05) is 24.4 Å². The summed E-state index contributed by atoms with van der Waals surface area (Å²) in [7, 11) is 3.26. The Hall–Kier alpha value is -3.54. The Bertz CT molecular complexity index is 1210. The van der Waals surface area contributed by atoms with Crippen LogP contribution in [0.4, 0.5) is 5.82 Å². The van der Waals surface area contributed by atoms with Crippen molar-refractivity contribution in [2.75, 3.05) is 32.2 Å². The summed E-state index contributed by atoms with van der Waals surface area (Å²) in [5.74, 6) is 3.13. The van der Waals surface area contributed by atoms with Crippen LogP contribution in [0.5, 0.6) is 17.2 Å². The van der Waals surface area contributed by atoms with Crippen molar-refractivity contribution in [2.45, 2.75) is 12.5 Å². The van der Waals surface area contributed by atoms with Gasteiger partial charge in [-0.05, 0) is 29.0 Å². The largest absolute Gasteiger partial charge is 0.493 e. The van der Waals surface area contributed by atoms with Crippen LogP contribution in [-0.2, 0) is 0 Å². The van der Waals surface area contributed by atoms with Crippen LogP contribution in [-0.4, -0.2) is 43.4 Å². The molecule has 5 rings (SSSR count). The fourth-order valence-corrected chi connectivity index (χ4v) is 4.07. The van der Waals surface area contributed by atoms with Crippen molar-refractivity contribution in [3.8, 4) is 17.2 Å². The molecule has 152 valence electrons. The SMILES string of the molecule is COc1cc2ncnc(N3CC[C@@H](Oc4ccc5ccccc5c4)C3)c2cc1OC. The molecule has 4 aromatic rings. The molecule has 30 heavy (non-hydrogen) atoms. The first-order valence-corrected chi connectivity index (χ1v) is 10.0. The van der Waals surface area contributed by atoms with Crippen LogP contribution < -0.4 is 19.1 Å². The van der Waals surface area contributed by atoms with Crippen molar-refractivity contribution in [1.29, 1.82) is 0 Å². The standard InChI is InChI=1S/C24H23N3O3/c1-28-22-12-20-21(13-23(22)29-2)25-15-26-24(20)27-10-9-19(14-27)30-18-8-7-16-5-3-4-6-17(16)11-18/h3-8,11-13,15,19H,9-10,14H2,1-2H3/t19-/m1/s1. The van der Waals surface area contributed by atoms with E-state index in [0.29, 0.717) is 11.5 Å². The van der Waals surface area contributed by atoms with E-state index >= 15 is 0 Å². The fraction of sp³-hybridized carbons (Fsp3) is 0.250. The maximum Gasteiger partial charge on any atom is 0.162 e. The second kappa shape index (κ2) is 7.71. The number of fused-ring (bicyclic) bond motifs is 2. The van der Waals surface area contributed by atoms with E-state index in [9.17, 15) is 0 Å². The van der Waals surface area contributed by atoms with Crippen LogP contribution in [0.15, 0.2) is 60.9 Å². The lowest BCUT2D eigenvalue weighted by molar-refractivity contribution is 0.225. The van der Waals surface area contributed by atoms with E-state index < -0.39 is 0 Å². The molecular formula is C24H23N3O3. The van der Waals surface area contributed by atoms with Crippen molar-refractivity contribution in [2.24, 2.45) is 0 Å². The first-order chi connectivity index (χ1) is 14.7. The lowest BCUT2D eigenvalue weighted by atomic mass is 10.1. The number of ether oxygens (including phenoxy) is 3. The molecule has 1 aliphatic heterocycles. The van der Waals surface area contributed by atoms with Crippen LogP contribution in [0.2, 0.25) is 0 Å². The molecule has 3 aromatic carbocycles. The van der Waals surface area contributed by atoms with Crippen LogP contribution in [0.1, 0.15) is 6.42 Å². The Labute approximate surface area is 175 Å². The minimum Gasteiger partial charge on any atom is -0.493 e. The van der Waals surface area contributed by atoms with Gasteiger partial charge in [0.05, 0.1) is 26.3 Å². The Balaban J connectivity index is 1.39. The van der Waals surface area contributed by atoms with Gasteiger partial charge in [0.15, 0.2) is 11.5 Å². The van der Waals surface area contributed by atoms with Gasteiger partial charge in [0.25, 0.3) is 0 Å². The smallest absolute Gasteiger partial charge is 0.162 e. The molecule has 0 radical (unpaired) electrons. The van der Waals surface area contributed by atoms with Crippen LogP contribution in [0, 0.1) is 0 Å². The highest BCUT2D eigenvalue weighted by Gasteiger charge is 2.27. The first-order valence-electron chi connectivity index (χ1n) is 10.0. The molecule has 0 amide bonds. The molecule has 2 heterocycles. The highest BCUT2D eigenvalue weighted by atomic mass is 16.5. The minimum absolute atomic E-state index is 0.108. The van der Waals surface area contributed by atoms with Gasteiger partial charge in [0.1, 0.15) is 24.0 Å². The van der Waals surface area contributed by atoms with Gasteiger partial charge in [0.2, 0.25) is 0 Å². The van der Waals surface area contributed by atoms with Gasteiger partial charge >= 0.3 is 0 Å². The van der Waals surface area contributed by atoms with Crippen molar-refractivity contribution in [3.63, 3.8) is 0 Å². The normalized spacial score (nSPS) is 16.2. The summed E-state index contributed by atoms with van der Waals surface area (Å²) < 4.78 is 17.2. The predicted octanol–water partition coefficient (Wildman–Crippen LogP) is 4.46. The van der Waals surface area contributed by atoms with Crippen molar-refractivity contribution in [3.05, 3.63) is 60.9 Å². The molecule has 1 saturated heterocycles. The topological polar surface area (TPSA) is 56.7 Å². The maximum absolute atomic E-state index is 6.30. The van der Waals surface area contributed by atoms with E-state index in [2.05, 4.69) is 39.1 Å². The van der Waals surface area contributed by atoms with E-state index in [0.717, 1.165) is 42.0 Å². The number of rotatable bonds is 5. The molecular weight excluding hydrogens is 378 g/mol. The zero-order valence-corrected chi connectivity index (χ0v) is 17.0. The molecule has 0 aliphatic carbocycles. The lowest BCUT2D eigenvalue weighted by Gasteiger charge is -2.20. The van der Waals surface area contributed by atoms with Crippen molar-refractivity contribution >= 4 is 27.5 Å². The number of hydrogen-bond acceptors (Lipinski definition) is 6. The second-order valence-corrected chi connectivity index (χ2v) is 7.41. The van der Waals surface area contributed by atoms with Crippen LogP contribution in [0.25, 0.3) is 21.7 Å². The molecule has 1 atom stereocenters. The summed E-state index contributed by atoms with van der Waals surface area (Å²) in [5.41, 5.74) is 0.830. The molecule has 1 aromatic heterocycles. The van der Waals surface area contributed by atoms with Gasteiger partial charge in [-0.3, -0.25) is 0 Å². The molecule has 0 saturated carbocycles. The Kier molecular flexibility index (Phi) is 4.75. The Morgan fingerprint density at radius 1 is 0.900 bits per heavy atom. The molecule has 1 aliphatic rings. The Morgan fingerprint density at radius 2 is 1.70 bits per heavy atom. The fourth-order valence-electron chi connectivity index (χ4n) is 4.07. The number of nitrogens with zero attached hydrogens (tertiary/aromatic N) is 3. The van der Waals surface area contributed by atoms with E-state index in [1.165, 1.54) is 10.8 Å². The minimum atomic E-state index is 0.108. The average Bonchev–Trinajstić information content (AvgIpc) is 3.25. The van der Waals surface area contributed by atoms with Gasteiger partial charge in [-0.2, -0.15) is 0 Å². The van der Waals surface area contributed by atoms with Gasteiger partial charge in [-0.15, -0.1) is 0 Å². The summed E-state index contributed by atoms with van der Waals surface area (Å²) in [5, 5.41) is 3.35. The molecule has 0 bridgehead atoms. The summed E-state index contributed by atoms with van der Waals surface area (Å²) >= 11 is 0. The van der Waals surface area contributed by atoms with Crippen LogP contribution in [0.3, 0.4) is 0 Å². The number of methoxy groups -OCH3 is 2. The number of aromatic nitrogens is 2. The van der Waals surface area contributed by atoms with E-state index in [-0.39, 0.29) is 6.10 Å². The van der Waals surface area contributed by atoms with Gasteiger partial charge in [-0.1, -0.05) is 30.3 Å². The van der Waals surface area contributed by atoms with E-state index in [1.807, 2.05) is 30.3 Å². The maximum atomic E-state index is 6.30. The summed E-state index contributed by atoms with van der Waals surface area (Å²) in [6, 6.07) is 18.4. The van der Waals surface area contributed by atoms with Crippen molar-refractivity contribution < 1.29 is 14.2 Å². The van der Waals surface area contributed by atoms with E-state index in [1.54, 1.807) is 20.5 Å². The second-order valence-electron chi connectivity index (χ2n) is 7.41. The average molecular weight is 401 g/mol. The molecule has 6 heteroatoms. The van der Waals surface area contributed by atoms with Gasteiger partial charge in [-0.25, -0.2) is 9.97 Å². The first kappa shape index (κ1) is 18.5. The molecule has 0 unspecified atom stereocenters. The molecule has 0 spiro atoms. The third-order valence-electron chi connectivity index (χ3n) is 5.59. The highest BCUT2D eigenvalue weighted by molar-refractivity contribution is 5.92. The lowest BCUT2D eigenvalue weighted by Crippen LogP contribution is -2.25. The summed E-state index contributed by atoms with van der Waals surface area (Å²) in [6.07, 6.45) is 2.64. The predicted molar refractivity (Wildman–Crippen MR) is 118 cm³/mol. The van der Waals surface area contributed by atoms with E-state index in [4.69, 9.17) is 14.2 Å². The third-order valence-corrected chi connectivity index (χ3v) is 5.59. The molecule has 1 fully saturated rings. The summed E-state index contributed by atoms with van der Waals surface area (Å²) in [4.78, 5) is 11.2. The van der Waals surface area contributed by atoms with Crippen LogP contribution >= 0.6 is 0 Å². The zero-order valence-electron chi connectivity index (χ0n) is 17.0. The molecule has 6 nitrogen and oxygen atoms in total. The summed E-state index contributed by atoms with van der Waals surface area (Å²) in [6.45, 7) is 1.64. The zero-order chi connectivity index (χ0) is 20.5. The monoisotopic (exact) mass is 401 g/mol. The quantitative estimate of drug-likeness (QED) is 0.492. The number of hydrogen-bond donors (Lipinski definition) is 0. The number of benzene rings is 3. The Morgan fingerprint density at radius 3 is 2.53 bits per heavy atom. The van der Waals surface area contributed by atoms with Gasteiger partial charge < -0.3 is 19.1 Å².